The molecule has 1 saturated heterocycles. The predicted molar refractivity (Wildman–Crippen MR) is 80.6 cm³/mol. The fourth-order valence-electron chi connectivity index (χ4n) is 2.48. The molecule has 1 N–H and O–H groups in total. The third-order valence-corrected chi connectivity index (χ3v) is 5.64. The topological polar surface area (TPSA) is 69.7 Å². The Morgan fingerprint density at radius 3 is 2.67 bits per heavy atom. The van der Waals surface area contributed by atoms with E-state index in [4.69, 9.17) is 0 Å². The van der Waals surface area contributed by atoms with Gasteiger partial charge >= 0.3 is 0 Å². The first-order chi connectivity index (χ1) is 9.95. The van der Waals surface area contributed by atoms with Gasteiger partial charge in [-0.1, -0.05) is 30.3 Å². The molecule has 6 nitrogen and oxygen atoms in total. The Bertz CT molecular complexity index is 589. The fourth-order valence-corrected chi connectivity index (χ4v) is 3.89. The van der Waals surface area contributed by atoms with Gasteiger partial charge in [0.25, 0.3) is 10.2 Å². The number of nitrogens with one attached hydrogen (secondary N) is 1. The van der Waals surface area contributed by atoms with Gasteiger partial charge in [0.05, 0.1) is 5.92 Å². The zero-order valence-electron chi connectivity index (χ0n) is 12.3. The van der Waals surface area contributed by atoms with E-state index in [1.807, 2.05) is 30.3 Å². The quantitative estimate of drug-likeness (QED) is 0.857. The molecule has 7 heteroatoms. The highest BCUT2D eigenvalue weighted by molar-refractivity contribution is 7.86. The van der Waals surface area contributed by atoms with Gasteiger partial charge in [-0.3, -0.25) is 4.79 Å². The Kier molecular flexibility index (Phi) is 4.97. The highest BCUT2D eigenvalue weighted by Gasteiger charge is 2.36. The van der Waals surface area contributed by atoms with Crippen molar-refractivity contribution >= 4 is 16.1 Å². The Morgan fingerprint density at radius 2 is 2.05 bits per heavy atom. The second kappa shape index (κ2) is 6.55. The average Bonchev–Trinajstić information content (AvgIpc) is 2.98. The Hall–Kier alpha value is -1.44. The van der Waals surface area contributed by atoms with Crippen LogP contribution in [0.5, 0.6) is 0 Å². The standard InChI is InChI=1S/C14H21N3O3S/c1-15-14(18)13-8-9-17(11-13)21(19,20)16(2)10-12-6-4-3-5-7-12/h3-7,13H,8-11H2,1-2H3,(H,15,18). The monoisotopic (exact) mass is 311 g/mol. The molecule has 0 aromatic heterocycles. The number of hydrogen-bond donors (Lipinski definition) is 1. The lowest BCUT2D eigenvalue weighted by Gasteiger charge is -2.24. The fraction of sp³-hybridized carbons (Fsp3) is 0.500. The molecule has 1 fully saturated rings. The van der Waals surface area contributed by atoms with Crippen LogP contribution >= 0.6 is 0 Å². The highest BCUT2D eigenvalue weighted by atomic mass is 32.2. The normalized spacial score (nSPS) is 19.9. The van der Waals surface area contributed by atoms with Gasteiger partial charge in [0.15, 0.2) is 0 Å². The molecule has 1 atom stereocenters. The first kappa shape index (κ1) is 15.9. The molecule has 116 valence electrons. The molecule has 1 heterocycles. The SMILES string of the molecule is CNC(=O)C1CCN(S(=O)(=O)N(C)Cc2ccccc2)C1. The summed E-state index contributed by atoms with van der Waals surface area (Å²) in [7, 11) is -0.389. The average molecular weight is 311 g/mol. The van der Waals surface area contributed by atoms with Crippen molar-refractivity contribution in [1.82, 2.24) is 13.9 Å². The molecule has 21 heavy (non-hydrogen) atoms. The number of carbonyl (C=O) groups excluding carboxylic acids is 1. The number of hydrogen-bond acceptors (Lipinski definition) is 3. The molecule has 2 rings (SSSR count). The lowest BCUT2D eigenvalue weighted by molar-refractivity contribution is -0.124. The van der Waals surface area contributed by atoms with E-state index in [0.29, 0.717) is 19.5 Å². The van der Waals surface area contributed by atoms with Crippen molar-refractivity contribution in [3.8, 4) is 0 Å². The Morgan fingerprint density at radius 1 is 1.38 bits per heavy atom. The second-order valence-electron chi connectivity index (χ2n) is 5.21. The van der Waals surface area contributed by atoms with Crippen LogP contribution in [0.25, 0.3) is 0 Å². The van der Waals surface area contributed by atoms with Gasteiger partial charge in [-0.25, -0.2) is 0 Å². The molecule has 1 aromatic carbocycles. The minimum absolute atomic E-state index is 0.0987. The number of benzene rings is 1. The van der Waals surface area contributed by atoms with Crippen LogP contribution < -0.4 is 5.32 Å². The molecule has 1 amide bonds. The van der Waals surface area contributed by atoms with Crippen molar-refractivity contribution in [1.29, 1.82) is 0 Å². The van der Waals surface area contributed by atoms with Gasteiger partial charge in [0.2, 0.25) is 5.91 Å². The molecule has 1 aromatic rings. The third kappa shape index (κ3) is 3.61. The van der Waals surface area contributed by atoms with Crippen LogP contribution in [0.4, 0.5) is 0 Å². The Balaban J connectivity index is 2.03. The van der Waals surface area contributed by atoms with Crippen LogP contribution in [0, 0.1) is 5.92 Å². The van der Waals surface area contributed by atoms with Crippen molar-refractivity contribution < 1.29 is 13.2 Å². The van der Waals surface area contributed by atoms with Gasteiger partial charge in [0, 0.05) is 33.7 Å². The van der Waals surface area contributed by atoms with Gasteiger partial charge in [-0.05, 0) is 12.0 Å². The summed E-state index contributed by atoms with van der Waals surface area (Å²) >= 11 is 0. The van der Waals surface area contributed by atoms with Crippen molar-refractivity contribution in [3.63, 3.8) is 0 Å². The lowest BCUT2D eigenvalue weighted by Crippen LogP contribution is -2.41. The molecule has 0 spiro atoms. The van der Waals surface area contributed by atoms with E-state index in [1.165, 1.54) is 8.61 Å². The molecule has 1 aliphatic heterocycles. The summed E-state index contributed by atoms with van der Waals surface area (Å²) in [6.07, 6.45) is 0.568. The van der Waals surface area contributed by atoms with Crippen LogP contribution in [0.1, 0.15) is 12.0 Å². The van der Waals surface area contributed by atoms with E-state index in [1.54, 1.807) is 14.1 Å². The van der Waals surface area contributed by atoms with Crippen LogP contribution in [0.2, 0.25) is 0 Å². The zero-order valence-corrected chi connectivity index (χ0v) is 13.1. The van der Waals surface area contributed by atoms with Gasteiger partial charge < -0.3 is 5.32 Å². The zero-order chi connectivity index (χ0) is 15.5. The molecule has 1 aliphatic rings. The molecule has 0 aliphatic carbocycles. The predicted octanol–water partition coefficient (Wildman–Crippen LogP) is 0.431. The minimum atomic E-state index is -3.52. The molecule has 0 bridgehead atoms. The molecular weight excluding hydrogens is 290 g/mol. The van der Waals surface area contributed by atoms with Crippen molar-refractivity contribution in [3.05, 3.63) is 35.9 Å². The van der Waals surface area contributed by atoms with Crippen molar-refractivity contribution in [2.45, 2.75) is 13.0 Å². The second-order valence-corrected chi connectivity index (χ2v) is 7.24. The lowest BCUT2D eigenvalue weighted by atomic mass is 10.1. The molecule has 1 unspecified atom stereocenters. The largest absolute Gasteiger partial charge is 0.359 e. The molecule has 0 radical (unpaired) electrons. The van der Waals surface area contributed by atoms with E-state index in [2.05, 4.69) is 5.32 Å². The van der Waals surface area contributed by atoms with Gasteiger partial charge in [-0.15, -0.1) is 0 Å². The van der Waals surface area contributed by atoms with Crippen LogP contribution in [0.15, 0.2) is 30.3 Å². The summed E-state index contributed by atoms with van der Waals surface area (Å²) in [5, 5.41) is 2.57. The first-order valence-corrected chi connectivity index (χ1v) is 8.31. The maximum absolute atomic E-state index is 12.5. The summed E-state index contributed by atoms with van der Waals surface area (Å²) in [5.41, 5.74) is 0.936. The first-order valence-electron chi connectivity index (χ1n) is 6.92. The highest BCUT2D eigenvalue weighted by Crippen LogP contribution is 2.22. The van der Waals surface area contributed by atoms with Crippen LogP contribution in [-0.2, 0) is 21.5 Å². The van der Waals surface area contributed by atoms with Gasteiger partial charge in [-0.2, -0.15) is 17.0 Å². The van der Waals surface area contributed by atoms with Crippen LogP contribution in [0.3, 0.4) is 0 Å². The summed E-state index contributed by atoms with van der Waals surface area (Å²) in [6, 6.07) is 9.44. The Labute approximate surface area is 125 Å². The summed E-state index contributed by atoms with van der Waals surface area (Å²) in [5.74, 6) is -0.353. The third-order valence-electron chi connectivity index (χ3n) is 3.74. The molecule has 0 saturated carbocycles. The number of carbonyl (C=O) groups is 1. The van der Waals surface area contributed by atoms with E-state index in [0.717, 1.165) is 5.56 Å². The van der Waals surface area contributed by atoms with E-state index in [-0.39, 0.29) is 18.4 Å². The van der Waals surface area contributed by atoms with Crippen LogP contribution in [-0.4, -0.2) is 50.1 Å². The van der Waals surface area contributed by atoms with Crippen molar-refractivity contribution in [2.24, 2.45) is 5.92 Å². The smallest absolute Gasteiger partial charge is 0.282 e. The maximum atomic E-state index is 12.5. The maximum Gasteiger partial charge on any atom is 0.282 e. The minimum Gasteiger partial charge on any atom is -0.359 e. The van der Waals surface area contributed by atoms with Crippen molar-refractivity contribution in [2.75, 3.05) is 27.2 Å². The van der Waals surface area contributed by atoms with E-state index in [9.17, 15) is 13.2 Å². The summed E-state index contributed by atoms with van der Waals surface area (Å²) in [4.78, 5) is 11.6. The number of nitrogens with zero attached hydrogens (tertiary/aromatic N) is 2. The number of amides is 1. The van der Waals surface area contributed by atoms with E-state index < -0.39 is 10.2 Å². The number of rotatable bonds is 5. The van der Waals surface area contributed by atoms with E-state index >= 15 is 0 Å². The van der Waals surface area contributed by atoms with Gasteiger partial charge in [0.1, 0.15) is 0 Å². The summed E-state index contributed by atoms with van der Waals surface area (Å²) < 4.78 is 27.7. The summed E-state index contributed by atoms with van der Waals surface area (Å²) in [6.45, 7) is 0.963. The molecular formula is C14H21N3O3S.